The number of aromatic amines is 1. The lowest BCUT2D eigenvalue weighted by molar-refractivity contribution is 0.654. The predicted octanol–water partition coefficient (Wildman–Crippen LogP) is 8.01. The summed E-state index contributed by atoms with van der Waals surface area (Å²) in [7, 11) is 0. The topological polar surface area (TPSA) is 61.2 Å². The maximum Gasteiger partial charge on any atom is 0.158 e. The van der Waals surface area contributed by atoms with Crippen molar-refractivity contribution in [1.82, 2.24) is 15.2 Å². The maximum atomic E-state index is 6.17. The molecule has 4 heterocycles. The number of rotatable bonds is 8. The average molecular weight is 514 g/mol. The van der Waals surface area contributed by atoms with Crippen molar-refractivity contribution in [3.05, 3.63) is 103 Å². The smallest absolute Gasteiger partial charge is 0.158 e. The Morgan fingerprint density at radius 3 is 2.54 bits per heavy atom. The van der Waals surface area contributed by atoms with Crippen molar-refractivity contribution in [2.24, 2.45) is 0 Å². The molecule has 1 aliphatic rings. The molecule has 0 saturated heterocycles. The van der Waals surface area contributed by atoms with Gasteiger partial charge in [-0.25, -0.2) is 4.98 Å². The normalized spacial score (nSPS) is 13.1. The van der Waals surface area contributed by atoms with Crippen LogP contribution in [0.2, 0.25) is 0 Å². The zero-order valence-electron chi connectivity index (χ0n) is 22.1. The number of nitrogens with one attached hydrogen (secondary N) is 1. The second-order valence-corrected chi connectivity index (χ2v) is 10.4. The summed E-state index contributed by atoms with van der Waals surface area (Å²) in [4.78, 5) is 9.78. The van der Waals surface area contributed by atoms with E-state index in [0.717, 1.165) is 82.7 Å². The first kappa shape index (κ1) is 23.5. The number of unbranched alkanes of at least 4 members (excludes halogenated alkanes) is 2. The zero-order chi connectivity index (χ0) is 26.2. The molecule has 39 heavy (non-hydrogen) atoms. The number of anilines is 3. The lowest BCUT2D eigenvalue weighted by Gasteiger charge is -2.21. The molecular formula is C33H31N5O. The largest absolute Gasteiger partial charge is 0.456 e. The Kier molecular flexibility index (Phi) is 6.00. The second-order valence-electron chi connectivity index (χ2n) is 10.4. The summed E-state index contributed by atoms with van der Waals surface area (Å²) < 4.78 is 6.17. The van der Waals surface area contributed by atoms with Crippen molar-refractivity contribution in [2.75, 3.05) is 23.0 Å². The van der Waals surface area contributed by atoms with Crippen LogP contribution in [0.4, 0.5) is 17.2 Å². The van der Waals surface area contributed by atoms with Crippen LogP contribution in [0.25, 0.3) is 33.1 Å². The Labute approximate surface area is 227 Å². The first-order valence-corrected chi connectivity index (χ1v) is 13.7. The lowest BCUT2D eigenvalue weighted by atomic mass is 10.0. The molecule has 0 atom stereocenters. The summed E-state index contributed by atoms with van der Waals surface area (Å²) >= 11 is 0. The number of para-hydroxylation sites is 2. The maximum absolute atomic E-state index is 6.17. The van der Waals surface area contributed by atoms with Gasteiger partial charge in [-0.15, -0.1) is 0 Å². The minimum atomic E-state index is 0.803. The minimum absolute atomic E-state index is 0.803. The first-order chi connectivity index (χ1) is 19.2. The average Bonchev–Trinajstić information content (AvgIpc) is 3.67. The zero-order valence-corrected chi connectivity index (χ0v) is 22.1. The highest BCUT2D eigenvalue weighted by Crippen LogP contribution is 2.41. The van der Waals surface area contributed by atoms with Gasteiger partial charge in [0.05, 0.1) is 18.1 Å². The molecule has 0 fully saturated rings. The molecule has 0 radical (unpaired) electrons. The highest BCUT2D eigenvalue weighted by Gasteiger charge is 2.28. The number of nitrogens with zero attached hydrogens (tertiary/aromatic N) is 4. The first-order valence-electron chi connectivity index (χ1n) is 13.7. The van der Waals surface area contributed by atoms with Crippen LogP contribution < -0.4 is 9.80 Å². The molecule has 0 saturated carbocycles. The van der Waals surface area contributed by atoms with Gasteiger partial charge in [0.25, 0.3) is 0 Å². The Morgan fingerprint density at radius 1 is 0.821 bits per heavy atom. The molecule has 6 aromatic rings. The van der Waals surface area contributed by atoms with Crippen LogP contribution in [-0.2, 0) is 6.42 Å². The molecule has 7 rings (SSSR count). The third kappa shape index (κ3) is 4.52. The van der Waals surface area contributed by atoms with Crippen molar-refractivity contribution in [2.45, 2.75) is 32.6 Å². The van der Waals surface area contributed by atoms with Crippen molar-refractivity contribution in [1.29, 1.82) is 0 Å². The number of pyridine rings is 1. The van der Waals surface area contributed by atoms with Gasteiger partial charge in [0.15, 0.2) is 5.82 Å². The molecule has 0 amide bonds. The molecule has 3 aromatic carbocycles. The Bertz CT molecular complexity index is 1750. The van der Waals surface area contributed by atoms with E-state index in [1.54, 1.807) is 0 Å². The molecule has 1 aliphatic heterocycles. The van der Waals surface area contributed by atoms with Gasteiger partial charge in [-0.05, 0) is 74.2 Å². The third-order valence-electron chi connectivity index (χ3n) is 7.66. The Hall–Kier alpha value is -4.58. The molecule has 6 nitrogen and oxygen atoms in total. The number of aromatic nitrogens is 3. The van der Waals surface area contributed by atoms with Crippen LogP contribution in [0, 0.1) is 6.92 Å². The molecule has 194 valence electrons. The molecule has 0 unspecified atom stereocenters. The Balaban J connectivity index is 1.15. The van der Waals surface area contributed by atoms with E-state index >= 15 is 0 Å². The number of hydrogen-bond donors (Lipinski definition) is 1. The van der Waals surface area contributed by atoms with Gasteiger partial charge < -0.3 is 14.2 Å². The molecule has 0 spiro atoms. The van der Waals surface area contributed by atoms with E-state index in [0.29, 0.717) is 0 Å². The van der Waals surface area contributed by atoms with Gasteiger partial charge in [-0.3, -0.25) is 5.10 Å². The second kappa shape index (κ2) is 9.95. The monoisotopic (exact) mass is 513 g/mol. The third-order valence-corrected chi connectivity index (χ3v) is 7.66. The van der Waals surface area contributed by atoms with E-state index in [1.165, 1.54) is 17.8 Å². The number of furan rings is 1. The van der Waals surface area contributed by atoms with E-state index in [1.807, 2.05) is 18.3 Å². The standard InChI is InChI=1S/C33H31N5O/c1-23-18-26(36-35-23)10-4-3-9-17-37-22-38(27-11-5-2-6-12-27)33-30(37)19-25(21-34-33)24-15-16-29-28-13-7-8-14-31(28)39-32(29)20-24/h2,5-8,11-16,18-21H,3-4,9-10,17,22H2,1H3,(H,35,36). The molecular weight excluding hydrogens is 482 g/mol. The summed E-state index contributed by atoms with van der Waals surface area (Å²) in [6.45, 7) is 3.84. The number of fused-ring (bicyclic) bond motifs is 4. The molecule has 1 N–H and O–H groups in total. The van der Waals surface area contributed by atoms with Crippen LogP contribution in [-0.4, -0.2) is 28.4 Å². The summed E-state index contributed by atoms with van der Waals surface area (Å²) in [5.41, 5.74) is 8.68. The van der Waals surface area contributed by atoms with Crippen LogP contribution in [0.15, 0.2) is 95.5 Å². The summed E-state index contributed by atoms with van der Waals surface area (Å²) in [5, 5.41) is 9.72. The van der Waals surface area contributed by atoms with E-state index < -0.39 is 0 Å². The van der Waals surface area contributed by atoms with Gasteiger partial charge in [0, 0.05) is 40.5 Å². The lowest BCUT2D eigenvalue weighted by Crippen LogP contribution is -2.28. The highest BCUT2D eigenvalue weighted by molar-refractivity contribution is 6.05. The van der Waals surface area contributed by atoms with Crippen LogP contribution in [0.3, 0.4) is 0 Å². The summed E-state index contributed by atoms with van der Waals surface area (Å²) in [6.07, 6.45) is 6.45. The van der Waals surface area contributed by atoms with E-state index in [4.69, 9.17) is 9.40 Å². The quantitative estimate of drug-likeness (QED) is 0.209. The molecule has 0 aliphatic carbocycles. The van der Waals surface area contributed by atoms with Crippen LogP contribution in [0.5, 0.6) is 0 Å². The molecule has 3 aromatic heterocycles. The van der Waals surface area contributed by atoms with Gasteiger partial charge in [0.2, 0.25) is 0 Å². The van der Waals surface area contributed by atoms with Crippen molar-refractivity contribution in [3.63, 3.8) is 0 Å². The molecule has 6 heteroatoms. The fourth-order valence-electron chi connectivity index (χ4n) is 5.65. The highest BCUT2D eigenvalue weighted by atomic mass is 16.3. The van der Waals surface area contributed by atoms with Gasteiger partial charge in [-0.1, -0.05) is 48.9 Å². The minimum Gasteiger partial charge on any atom is -0.456 e. The number of H-pyrrole nitrogens is 1. The number of benzene rings is 3. The van der Waals surface area contributed by atoms with Gasteiger partial charge >= 0.3 is 0 Å². The summed E-state index contributed by atoms with van der Waals surface area (Å²) in [6, 6.07) is 29.7. The van der Waals surface area contributed by atoms with Crippen LogP contribution >= 0.6 is 0 Å². The summed E-state index contributed by atoms with van der Waals surface area (Å²) in [5.74, 6) is 1.02. The fourth-order valence-corrected chi connectivity index (χ4v) is 5.65. The van der Waals surface area contributed by atoms with Gasteiger partial charge in [0.1, 0.15) is 11.2 Å². The van der Waals surface area contributed by atoms with E-state index in [9.17, 15) is 0 Å². The SMILES string of the molecule is Cc1cc(CCCCCN2CN(c3ccccc3)c3ncc(-c4ccc5c(c4)oc4ccccc45)cc32)n[nH]1. The number of hydrogen-bond acceptors (Lipinski definition) is 5. The van der Waals surface area contributed by atoms with Gasteiger partial charge in [-0.2, -0.15) is 5.10 Å². The number of aryl methyl sites for hydroxylation is 2. The van der Waals surface area contributed by atoms with Crippen molar-refractivity contribution >= 4 is 39.1 Å². The predicted molar refractivity (Wildman–Crippen MR) is 159 cm³/mol. The fraction of sp³-hybridized carbons (Fsp3) is 0.212. The van der Waals surface area contributed by atoms with Crippen molar-refractivity contribution in [3.8, 4) is 11.1 Å². The van der Waals surface area contributed by atoms with E-state index in [-0.39, 0.29) is 0 Å². The van der Waals surface area contributed by atoms with E-state index in [2.05, 4.69) is 99.7 Å². The van der Waals surface area contributed by atoms with Crippen molar-refractivity contribution < 1.29 is 4.42 Å². The Morgan fingerprint density at radius 2 is 1.67 bits per heavy atom. The molecule has 0 bridgehead atoms. The van der Waals surface area contributed by atoms with Crippen LogP contribution in [0.1, 0.15) is 30.7 Å².